The molecule has 0 saturated heterocycles. The highest BCUT2D eigenvalue weighted by Crippen LogP contribution is 2.38. The first-order valence-corrected chi connectivity index (χ1v) is 7.14. The van der Waals surface area contributed by atoms with Crippen LogP contribution in [0.25, 0.3) is 17.2 Å². The molecule has 0 amide bonds. The van der Waals surface area contributed by atoms with Crippen LogP contribution in [0.3, 0.4) is 0 Å². The number of aromatic nitrogens is 5. The van der Waals surface area contributed by atoms with Crippen LogP contribution in [0.15, 0.2) is 30.9 Å². The largest absolute Gasteiger partial charge is 0.416 e. The molecule has 1 aromatic carbocycles. The van der Waals surface area contributed by atoms with Crippen LogP contribution < -0.4 is 0 Å². The molecule has 0 N–H and O–H groups in total. The van der Waals surface area contributed by atoms with E-state index in [4.69, 9.17) is 5.26 Å². The fourth-order valence-electron chi connectivity index (χ4n) is 2.35. The van der Waals surface area contributed by atoms with Gasteiger partial charge in [-0.05, 0) is 18.2 Å². The van der Waals surface area contributed by atoms with Crippen molar-refractivity contribution in [1.82, 2.24) is 24.3 Å². The lowest BCUT2D eigenvalue weighted by molar-refractivity contribution is -0.143. The molecular weight excluding hydrogens is 378 g/mol. The van der Waals surface area contributed by atoms with Crippen LogP contribution in [0.2, 0.25) is 0 Å². The van der Waals surface area contributed by atoms with Gasteiger partial charge in [0, 0.05) is 12.6 Å². The number of benzene rings is 1. The summed E-state index contributed by atoms with van der Waals surface area (Å²) in [5.74, 6) is -0.198. The van der Waals surface area contributed by atoms with Gasteiger partial charge in [0.25, 0.3) is 0 Å². The number of rotatable bonds is 2. The van der Waals surface area contributed by atoms with Crippen molar-refractivity contribution in [2.45, 2.75) is 12.4 Å². The number of hydrogen-bond acceptors (Lipinski definition) is 4. The lowest BCUT2D eigenvalue weighted by Gasteiger charge is -2.13. The summed E-state index contributed by atoms with van der Waals surface area (Å²) in [4.78, 5) is 7.57. The van der Waals surface area contributed by atoms with Gasteiger partial charge < -0.3 is 4.57 Å². The summed E-state index contributed by atoms with van der Waals surface area (Å²) in [7, 11) is 1.54. The molecule has 0 bridgehead atoms. The van der Waals surface area contributed by atoms with Crippen LogP contribution >= 0.6 is 0 Å². The van der Waals surface area contributed by atoms with Gasteiger partial charge in [-0.1, -0.05) is 0 Å². The number of aryl methyl sites for hydroxylation is 1. The lowest BCUT2D eigenvalue weighted by atomic mass is 10.0. The van der Waals surface area contributed by atoms with Crippen LogP contribution in [0.1, 0.15) is 16.8 Å². The highest BCUT2D eigenvalue weighted by Gasteiger charge is 2.37. The Kier molecular flexibility index (Phi) is 4.17. The predicted molar refractivity (Wildman–Crippen MR) is 78.3 cm³/mol. The molecule has 0 aliphatic carbocycles. The Morgan fingerprint density at radius 3 is 2.04 bits per heavy atom. The van der Waals surface area contributed by atoms with Gasteiger partial charge >= 0.3 is 12.4 Å². The smallest absolute Gasteiger partial charge is 0.318 e. The average Bonchev–Trinajstić information content (AvgIpc) is 3.19. The Hall–Kier alpha value is -3.36. The number of hydrogen-bond donors (Lipinski definition) is 0. The maximum Gasteiger partial charge on any atom is 0.416 e. The van der Waals surface area contributed by atoms with E-state index in [0.717, 1.165) is 11.0 Å². The Balaban J connectivity index is 2.14. The average molecular weight is 386 g/mol. The molecule has 140 valence electrons. The van der Waals surface area contributed by atoms with E-state index >= 15 is 0 Å². The normalized spacial score (nSPS) is 12.2. The molecule has 0 spiro atoms. The molecule has 2 heterocycles. The summed E-state index contributed by atoms with van der Waals surface area (Å²) in [6.45, 7) is 0. The maximum absolute atomic E-state index is 13.0. The second kappa shape index (κ2) is 6.11. The summed E-state index contributed by atoms with van der Waals surface area (Å²) < 4.78 is 80.3. The Morgan fingerprint density at radius 1 is 0.926 bits per heavy atom. The van der Waals surface area contributed by atoms with E-state index in [0.29, 0.717) is 12.1 Å². The van der Waals surface area contributed by atoms with Crippen LogP contribution in [0.5, 0.6) is 0 Å². The van der Waals surface area contributed by atoms with Gasteiger partial charge in [-0.25, -0.2) is 14.6 Å². The summed E-state index contributed by atoms with van der Waals surface area (Å²) in [6, 6.07) is 2.89. The monoisotopic (exact) mass is 386 g/mol. The standard InChI is InChI=1S/C15H8F6N6/c1-26-6-23-11(5-22)13(26)27-7-24-12(25-27)8-2-9(14(16,17)18)4-10(3-8)15(19,20)21/h2-4,6-7H,1H3. The van der Waals surface area contributed by atoms with E-state index in [1.54, 1.807) is 6.07 Å². The van der Waals surface area contributed by atoms with Gasteiger partial charge in [-0.2, -0.15) is 31.6 Å². The van der Waals surface area contributed by atoms with E-state index in [9.17, 15) is 26.3 Å². The second-order valence-electron chi connectivity index (χ2n) is 5.45. The van der Waals surface area contributed by atoms with E-state index in [-0.39, 0.29) is 23.4 Å². The summed E-state index contributed by atoms with van der Waals surface area (Å²) in [5, 5.41) is 12.9. The predicted octanol–water partition coefficient (Wildman–Crippen LogP) is 3.58. The van der Waals surface area contributed by atoms with Gasteiger partial charge in [-0.15, -0.1) is 5.10 Å². The summed E-state index contributed by atoms with van der Waals surface area (Å²) in [6.07, 6.45) is -7.58. The third-order valence-electron chi connectivity index (χ3n) is 3.57. The molecule has 3 rings (SSSR count). The fourth-order valence-corrected chi connectivity index (χ4v) is 2.35. The highest BCUT2D eigenvalue weighted by molar-refractivity contribution is 5.58. The molecule has 0 radical (unpaired) electrons. The molecule has 27 heavy (non-hydrogen) atoms. The zero-order valence-corrected chi connectivity index (χ0v) is 13.3. The van der Waals surface area contributed by atoms with Crippen molar-refractivity contribution in [3.8, 4) is 23.3 Å². The number of nitrogens with zero attached hydrogens (tertiary/aromatic N) is 6. The molecule has 3 aromatic rings. The third-order valence-corrected chi connectivity index (χ3v) is 3.57. The SMILES string of the molecule is Cn1cnc(C#N)c1-n1cnc(-c2cc(C(F)(F)F)cc(C(F)(F)F)c2)n1. The van der Waals surface area contributed by atoms with E-state index < -0.39 is 29.0 Å². The Morgan fingerprint density at radius 2 is 1.52 bits per heavy atom. The molecule has 0 aliphatic rings. The highest BCUT2D eigenvalue weighted by atomic mass is 19.4. The van der Waals surface area contributed by atoms with Crippen molar-refractivity contribution < 1.29 is 26.3 Å². The first-order chi connectivity index (χ1) is 12.5. The summed E-state index contributed by atoms with van der Waals surface area (Å²) in [5.41, 5.74) is -3.44. The number of halogens is 6. The van der Waals surface area contributed by atoms with Gasteiger partial charge in [-0.3, -0.25) is 0 Å². The van der Waals surface area contributed by atoms with Crippen LogP contribution in [-0.2, 0) is 19.4 Å². The van der Waals surface area contributed by atoms with Crippen molar-refractivity contribution in [3.05, 3.63) is 47.7 Å². The number of nitriles is 1. The van der Waals surface area contributed by atoms with Crippen molar-refractivity contribution in [2.24, 2.45) is 7.05 Å². The first kappa shape index (κ1) is 18.4. The van der Waals surface area contributed by atoms with Crippen LogP contribution in [0.4, 0.5) is 26.3 Å². The topological polar surface area (TPSA) is 72.3 Å². The molecule has 0 saturated carbocycles. The molecule has 6 nitrogen and oxygen atoms in total. The van der Waals surface area contributed by atoms with E-state index in [1.807, 2.05) is 0 Å². The van der Waals surface area contributed by atoms with Gasteiger partial charge in [0.1, 0.15) is 12.4 Å². The van der Waals surface area contributed by atoms with Crippen molar-refractivity contribution in [2.75, 3.05) is 0 Å². The van der Waals surface area contributed by atoms with E-state index in [2.05, 4.69) is 15.1 Å². The Bertz CT molecular complexity index is 1000. The van der Waals surface area contributed by atoms with Gasteiger partial charge in [0.05, 0.1) is 17.5 Å². The molecular formula is C15H8F6N6. The van der Waals surface area contributed by atoms with E-state index in [1.165, 1.54) is 17.9 Å². The number of alkyl halides is 6. The number of imidazole rings is 1. The van der Waals surface area contributed by atoms with Gasteiger partial charge in [0.2, 0.25) is 0 Å². The third kappa shape index (κ3) is 3.48. The zero-order chi connectivity index (χ0) is 20.0. The van der Waals surface area contributed by atoms with Crippen molar-refractivity contribution >= 4 is 0 Å². The Labute approximate surface area is 147 Å². The first-order valence-electron chi connectivity index (χ1n) is 7.14. The molecule has 2 aromatic heterocycles. The zero-order valence-electron chi connectivity index (χ0n) is 13.3. The summed E-state index contributed by atoms with van der Waals surface area (Å²) >= 11 is 0. The van der Waals surface area contributed by atoms with Crippen molar-refractivity contribution in [1.29, 1.82) is 5.26 Å². The van der Waals surface area contributed by atoms with Crippen LogP contribution in [0, 0.1) is 11.3 Å². The quantitative estimate of drug-likeness (QED) is 0.632. The molecule has 0 aliphatic heterocycles. The molecule has 0 unspecified atom stereocenters. The lowest BCUT2D eigenvalue weighted by Crippen LogP contribution is -2.11. The van der Waals surface area contributed by atoms with Crippen LogP contribution in [-0.4, -0.2) is 24.3 Å². The van der Waals surface area contributed by atoms with Gasteiger partial charge in [0.15, 0.2) is 17.3 Å². The minimum atomic E-state index is -4.98. The minimum Gasteiger partial charge on any atom is -0.318 e. The minimum absolute atomic E-state index is 0.0232. The molecule has 0 fully saturated rings. The fraction of sp³-hybridized carbons (Fsp3) is 0.200. The maximum atomic E-state index is 13.0. The molecule has 12 heteroatoms. The van der Waals surface area contributed by atoms with Crippen molar-refractivity contribution in [3.63, 3.8) is 0 Å². The second-order valence-corrected chi connectivity index (χ2v) is 5.45. The molecule has 0 atom stereocenters.